The van der Waals surface area contributed by atoms with Crippen LogP contribution in [0.4, 0.5) is 5.69 Å². The molecule has 2 aromatic carbocycles. The second-order valence-corrected chi connectivity index (χ2v) is 11.6. The maximum absolute atomic E-state index is 10.3. The lowest BCUT2D eigenvalue weighted by Gasteiger charge is -2.19. The number of thioether (sulfide) groups is 2. The molecule has 4 aliphatic heterocycles. The van der Waals surface area contributed by atoms with Gasteiger partial charge in [-0.15, -0.1) is 0 Å². The molecule has 1 spiro atoms. The molecular weight excluding hydrogens is 524 g/mol. The first-order valence-corrected chi connectivity index (χ1v) is 14.1. The lowest BCUT2D eigenvalue weighted by molar-refractivity contribution is -0.567. The second kappa shape index (κ2) is 9.83. The molecule has 6 rings (SSSR count). The van der Waals surface area contributed by atoms with Gasteiger partial charge in [-0.3, -0.25) is 0 Å². The van der Waals surface area contributed by atoms with Gasteiger partial charge in [0.15, 0.2) is 0 Å². The first kappa shape index (κ1) is 25.1. The molecule has 198 valence electrons. The van der Waals surface area contributed by atoms with Crippen LogP contribution in [0, 0.1) is 6.92 Å². The molecule has 4 aliphatic rings. The van der Waals surface area contributed by atoms with Crippen LogP contribution >= 0.6 is 23.5 Å². The van der Waals surface area contributed by atoms with Crippen molar-refractivity contribution in [2.75, 3.05) is 52.0 Å². The minimum absolute atomic E-state index is 0.262. The van der Waals surface area contributed by atoms with Crippen molar-refractivity contribution < 1.29 is 28.6 Å². The van der Waals surface area contributed by atoms with E-state index in [2.05, 4.69) is 9.48 Å². The number of anilines is 1. The Morgan fingerprint density at radius 2 is 2.00 bits per heavy atom. The van der Waals surface area contributed by atoms with Gasteiger partial charge < -0.3 is 24.2 Å². The Bertz CT molecular complexity index is 1420. The van der Waals surface area contributed by atoms with Crippen LogP contribution in [0.1, 0.15) is 18.1 Å². The van der Waals surface area contributed by atoms with E-state index in [4.69, 9.17) is 24.4 Å². The number of morpholine rings is 1. The highest BCUT2D eigenvalue weighted by atomic mass is 32.2. The summed E-state index contributed by atoms with van der Waals surface area (Å²) in [6.45, 7) is 7.25. The molecule has 1 unspecified atom stereocenters. The van der Waals surface area contributed by atoms with Crippen LogP contribution in [0.3, 0.4) is 0 Å². The highest BCUT2D eigenvalue weighted by Gasteiger charge is 2.77. The van der Waals surface area contributed by atoms with Crippen molar-refractivity contribution in [1.29, 1.82) is 0 Å². The van der Waals surface area contributed by atoms with Crippen molar-refractivity contribution in [1.82, 2.24) is 5.01 Å². The number of hydrazone groups is 2. The molecule has 4 heterocycles. The van der Waals surface area contributed by atoms with E-state index >= 15 is 0 Å². The smallest absolute Gasteiger partial charge is 0.467 e. The highest BCUT2D eigenvalue weighted by molar-refractivity contribution is 8.31. The molecular formula is C26H30N6O4S2+2. The van der Waals surface area contributed by atoms with Crippen LogP contribution in [-0.4, -0.2) is 92.7 Å². The molecule has 38 heavy (non-hydrogen) atoms. The number of phenols is 1. The summed E-state index contributed by atoms with van der Waals surface area (Å²) in [5.74, 6) is 2.03. The Morgan fingerprint density at radius 3 is 2.74 bits per heavy atom. The van der Waals surface area contributed by atoms with Gasteiger partial charge in [0.25, 0.3) is 0 Å². The molecule has 1 fully saturated rings. The molecule has 10 nitrogen and oxygen atoms in total. The van der Waals surface area contributed by atoms with Crippen LogP contribution in [0.2, 0.25) is 0 Å². The van der Waals surface area contributed by atoms with Crippen LogP contribution in [0.15, 0.2) is 52.7 Å². The fraction of sp³-hybridized carbons (Fsp3) is 0.385. The number of benzene rings is 2. The summed E-state index contributed by atoms with van der Waals surface area (Å²) in [6.07, 6.45) is 0. The maximum atomic E-state index is 10.3. The Kier molecular flexibility index (Phi) is 6.48. The summed E-state index contributed by atoms with van der Waals surface area (Å²) in [5, 5.41) is 23.8. The molecule has 2 aromatic rings. The summed E-state index contributed by atoms with van der Waals surface area (Å²) in [5.41, 5.74) is 3.66. The van der Waals surface area contributed by atoms with Crippen molar-refractivity contribution in [2.45, 2.75) is 18.2 Å². The Balaban J connectivity index is 1.53. The molecule has 12 heteroatoms. The standard InChI is InChI=1S/C26H29N6O4S2/c1-5-36-20-8-6-7-19(16-20)29(3)24-27-31-22(18-9-10-21(33)17(2)15-18)23(30-11-13-35-14-12-30)32-26(31,37-24)38-25(28-32)34-4/h6-10,15-16H,5,11-14H2,1-4H3/q+1/p+1. The van der Waals surface area contributed by atoms with Gasteiger partial charge in [-0.1, -0.05) is 6.07 Å². The summed E-state index contributed by atoms with van der Waals surface area (Å²) < 4.78 is 20.7. The lowest BCUT2D eigenvalue weighted by atomic mass is 10.1. The van der Waals surface area contributed by atoms with Gasteiger partial charge in [-0.25, -0.2) is 4.58 Å². The molecule has 0 amide bonds. The predicted molar refractivity (Wildman–Crippen MR) is 151 cm³/mol. The van der Waals surface area contributed by atoms with Crippen molar-refractivity contribution in [3.63, 3.8) is 0 Å². The van der Waals surface area contributed by atoms with E-state index in [9.17, 15) is 5.11 Å². The molecule has 0 radical (unpaired) electrons. The number of ether oxygens (including phenoxy) is 3. The van der Waals surface area contributed by atoms with Gasteiger partial charge in [-0.2, -0.15) is 0 Å². The SMILES string of the molecule is CCOc1cccc(N(C)C2=N[N+]3=C(c4ccc(O)c(C)c4)C(=[N+]4CCOCC4)N4N=C(OC)SC43S2)c1. The van der Waals surface area contributed by atoms with E-state index in [0.29, 0.717) is 25.1 Å². The number of hydrogen-bond donors (Lipinski definition) is 1. The zero-order chi connectivity index (χ0) is 26.4. The second-order valence-electron chi connectivity index (χ2n) is 9.09. The molecule has 0 aliphatic carbocycles. The van der Waals surface area contributed by atoms with Crippen LogP contribution in [0.5, 0.6) is 11.5 Å². The van der Waals surface area contributed by atoms with E-state index < -0.39 is 4.33 Å². The fourth-order valence-electron chi connectivity index (χ4n) is 4.81. The molecule has 1 saturated heterocycles. The Labute approximate surface area is 229 Å². The number of rotatable bonds is 4. The van der Waals surface area contributed by atoms with E-state index in [1.165, 1.54) is 11.8 Å². The van der Waals surface area contributed by atoms with Gasteiger partial charge in [0, 0.05) is 23.9 Å². The topological polar surface area (TPSA) is 85.1 Å². The molecule has 1 N–H and O–H groups in total. The third kappa shape index (κ3) is 4.02. The number of phenolic OH excluding ortho intramolecular Hbond substituents is 1. The number of aryl methyl sites for hydroxylation is 1. The van der Waals surface area contributed by atoms with Crippen LogP contribution in [-0.2, 0) is 9.47 Å². The third-order valence-electron chi connectivity index (χ3n) is 6.73. The molecule has 1 atom stereocenters. The summed E-state index contributed by atoms with van der Waals surface area (Å²) in [6, 6.07) is 13.7. The fourth-order valence-corrected chi connectivity index (χ4v) is 7.31. The highest BCUT2D eigenvalue weighted by Crippen LogP contribution is 2.54. The van der Waals surface area contributed by atoms with Gasteiger partial charge in [0.2, 0.25) is 5.17 Å². The van der Waals surface area contributed by atoms with Crippen LogP contribution in [0.25, 0.3) is 0 Å². The lowest BCUT2D eigenvalue weighted by Crippen LogP contribution is -2.45. The van der Waals surface area contributed by atoms with Crippen molar-refractivity contribution >= 4 is 51.2 Å². The Hall–Kier alpha value is -3.22. The number of nitrogens with zero attached hydrogens (tertiary/aromatic N) is 6. The quantitative estimate of drug-likeness (QED) is 0.578. The van der Waals surface area contributed by atoms with Crippen LogP contribution < -0.4 is 9.64 Å². The summed E-state index contributed by atoms with van der Waals surface area (Å²) >= 11 is 3.15. The van der Waals surface area contributed by atoms with E-state index in [-0.39, 0.29) is 5.75 Å². The minimum atomic E-state index is -0.721. The monoisotopic (exact) mass is 554 g/mol. The van der Waals surface area contributed by atoms with Gasteiger partial charge in [0.1, 0.15) is 24.6 Å². The maximum Gasteiger partial charge on any atom is 0.467 e. The predicted octanol–water partition coefficient (Wildman–Crippen LogP) is 3.09. The van der Waals surface area contributed by atoms with Crippen molar-refractivity contribution in [3.05, 3.63) is 53.6 Å². The van der Waals surface area contributed by atoms with E-state index in [1.807, 2.05) is 67.0 Å². The molecule has 0 aromatic heterocycles. The number of amidine groups is 2. The summed E-state index contributed by atoms with van der Waals surface area (Å²) in [7, 11) is 3.65. The third-order valence-corrected chi connectivity index (χ3v) is 9.41. The molecule has 0 saturated carbocycles. The minimum Gasteiger partial charge on any atom is -0.508 e. The molecule has 0 bridgehead atoms. The first-order chi connectivity index (χ1) is 18.4. The van der Waals surface area contributed by atoms with Crippen molar-refractivity contribution in [2.24, 2.45) is 10.2 Å². The van der Waals surface area contributed by atoms with Gasteiger partial charge in [0.05, 0.1) is 56.0 Å². The normalized spacial score (nSPS) is 22.4. The number of aromatic hydroxyl groups is 1. The average molecular weight is 555 g/mol. The van der Waals surface area contributed by atoms with Gasteiger partial charge in [-0.05, 0) is 64.5 Å². The number of methoxy groups -OCH3 is 1. The summed E-state index contributed by atoms with van der Waals surface area (Å²) in [4.78, 5) is 2.07. The van der Waals surface area contributed by atoms with Crippen molar-refractivity contribution in [3.8, 4) is 11.5 Å². The largest absolute Gasteiger partial charge is 0.508 e. The van der Waals surface area contributed by atoms with E-state index in [1.54, 1.807) is 24.9 Å². The Morgan fingerprint density at radius 1 is 1.18 bits per heavy atom. The zero-order valence-electron chi connectivity index (χ0n) is 21.7. The average Bonchev–Trinajstić information content (AvgIpc) is 3.56. The van der Waals surface area contributed by atoms with E-state index in [0.717, 1.165) is 52.4 Å². The zero-order valence-corrected chi connectivity index (χ0v) is 23.4. The number of hydrogen-bond acceptors (Lipinski definition) is 9. The first-order valence-electron chi connectivity index (χ1n) is 12.5. The van der Waals surface area contributed by atoms with Gasteiger partial charge >= 0.3 is 21.1 Å².